The molecule has 1 N–H and O–H groups in total. The molecular formula is C16H21N3. The summed E-state index contributed by atoms with van der Waals surface area (Å²) >= 11 is 0. The maximum absolute atomic E-state index is 8.83. The van der Waals surface area contributed by atoms with Gasteiger partial charge in [-0.15, -0.1) is 0 Å². The van der Waals surface area contributed by atoms with Crippen LogP contribution in [0.15, 0.2) is 24.3 Å². The van der Waals surface area contributed by atoms with E-state index < -0.39 is 0 Å². The third kappa shape index (κ3) is 2.80. The second kappa shape index (κ2) is 5.73. The lowest BCUT2D eigenvalue weighted by molar-refractivity contribution is 0.206. The third-order valence-corrected chi connectivity index (χ3v) is 4.45. The summed E-state index contributed by atoms with van der Waals surface area (Å²) in [6.07, 6.45) is 5.30. The maximum Gasteiger partial charge on any atom is 0.0991 e. The number of benzene rings is 1. The normalized spacial score (nSPS) is 27.5. The van der Waals surface area contributed by atoms with Crippen molar-refractivity contribution in [1.82, 2.24) is 10.2 Å². The largest absolute Gasteiger partial charge is 0.312 e. The zero-order valence-electron chi connectivity index (χ0n) is 11.3. The van der Waals surface area contributed by atoms with Crippen LogP contribution in [0.5, 0.6) is 0 Å². The van der Waals surface area contributed by atoms with Crippen LogP contribution in [0.4, 0.5) is 0 Å². The Balaban J connectivity index is 1.65. The van der Waals surface area contributed by atoms with Gasteiger partial charge >= 0.3 is 0 Å². The van der Waals surface area contributed by atoms with Crippen molar-refractivity contribution in [3.63, 3.8) is 0 Å². The molecule has 2 unspecified atom stereocenters. The summed E-state index contributed by atoms with van der Waals surface area (Å²) in [7, 11) is 0. The van der Waals surface area contributed by atoms with Gasteiger partial charge in [-0.3, -0.25) is 4.90 Å². The molecule has 2 aliphatic heterocycles. The molecule has 0 radical (unpaired) electrons. The average Bonchev–Trinajstić information content (AvgIpc) is 3.10. The van der Waals surface area contributed by atoms with E-state index in [1.165, 1.54) is 44.3 Å². The Kier molecular flexibility index (Phi) is 3.82. The molecule has 100 valence electrons. The van der Waals surface area contributed by atoms with E-state index in [0.29, 0.717) is 12.1 Å². The van der Waals surface area contributed by atoms with E-state index in [-0.39, 0.29) is 0 Å². The zero-order chi connectivity index (χ0) is 13.1. The fourth-order valence-corrected chi connectivity index (χ4v) is 3.46. The van der Waals surface area contributed by atoms with Gasteiger partial charge in [-0.25, -0.2) is 0 Å². The van der Waals surface area contributed by atoms with Gasteiger partial charge in [0.1, 0.15) is 0 Å². The van der Waals surface area contributed by atoms with Crippen LogP contribution < -0.4 is 5.32 Å². The molecule has 2 saturated heterocycles. The van der Waals surface area contributed by atoms with Gasteiger partial charge in [0.25, 0.3) is 0 Å². The molecule has 0 aromatic heterocycles. The van der Waals surface area contributed by atoms with Crippen LogP contribution in [0.2, 0.25) is 0 Å². The molecule has 1 aromatic carbocycles. The van der Waals surface area contributed by atoms with E-state index in [4.69, 9.17) is 5.26 Å². The Labute approximate surface area is 115 Å². The molecule has 2 heterocycles. The number of nitrogens with one attached hydrogen (secondary N) is 1. The van der Waals surface area contributed by atoms with E-state index in [2.05, 4.69) is 28.4 Å². The second-order valence-electron chi connectivity index (χ2n) is 5.69. The van der Waals surface area contributed by atoms with Gasteiger partial charge in [-0.1, -0.05) is 12.1 Å². The smallest absolute Gasteiger partial charge is 0.0991 e. The summed E-state index contributed by atoms with van der Waals surface area (Å²) in [5, 5.41) is 12.5. The van der Waals surface area contributed by atoms with Gasteiger partial charge in [-0.2, -0.15) is 5.26 Å². The fraction of sp³-hybridized carbons (Fsp3) is 0.562. The molecule has 3 heteroatoms. The van der Waals surface area contributed by atoms with Crippen molar-refractivity contribution < 1.29 is 0 Å². The van der Waals surface area contributed by atoms with E-state index in [1.54, 1.807) is 0 Å². The van der Waals surface area contributed by atoms with Crippen LogP contribution in [0.3, 0.4) is 0 Å². The van der Waals surface area contributed by atoms with E-state index >= 15 is 0 Å². The van der Waals surface area contributed by atoms with Crippen LogP contribution in [0.25, 0.3) is 0 Å². The third-order valence-electron chi connectivity index (χ3n) is 4.45. The first-order valence-corrected chi connectivity index (χ1v) is 7.33. The predicted molar refractivity (Wildman–Crippen MR) is 75.6 cm³/mol. The number of nitriles is 1. The lowest BCUT2D eigenvalue weighted by Crippen LogP contribution is -2.43. The van der Waals surface area contributed by atoms with Gasteiger partial charge in [0.05, 0.1) is 11.6 Å². The van der Waals surface area contributed by atoms with Crippen molar-refractivity contribution in [2.75, 3.05) is 13.1 Å². The molecule has 0 spiro atoms. The Bertz CT molecular complexity index is 454. The quantitative estimate of drug-likeness (QED) is 0.900. The van der Waals surface area contributed by atoms with Crippen molar-refractivity contribution in [1.29, 1.82) is 5.26 Å². The van der Waals surface area contributed by atoms with Gasteiger partial charge in [-0.05, 0) is 56.5 Å². The molecule has 0 amide bonds. The topological polar surface area (TPSA) is 39.1 Å². The lowest BCUT2D eigenvalue weighted by Gasteiger charge is -2.29. The number of hydrogen-bond acceptors (Lipinski definition) is 3. The molecule has 2 aliphatic rings. The summed E-state index contributed by atoms with van der Waals surface area (Å²) in [4.78, 5) is 2.62. The first-order valence-electron chi connectivity index (χ1n) is 7.33. The first kappa shape index (κ1) is 12.7. The second-order valence-corrected chi connectivity index (χ2v) is 5.69. The lowest BCUT2D eigenvalue weighted by atomic mass is 10.0. The standard InChI is InChI=1S/C16H21N3/c17-11-13-5-7-14(8-6-13)12-19-10-2-4-16(19)15-3-1-9-18-15/h5-8,15-16,18H,1-4,9-10,12H2. The molecule has 3 rings (SSSR count). The zero-order valence-corrected chi connectivity index (χ0v) is 11.3. The summed E-state index contributed by atoms with van der Waals surface area (Å²) in [6.45, 7) is 3.42. The molecule has 2 fully saturated rings. The first-order chi connectivity index (χ1) is 9.36. The molecule has 2 atom stereocenters. The number of nitrogens with zero attached hydrogens (tertiary/aromatic N) is 2. The van der Waals surface area contributed by atoms with Crippen LogP contribution in [-0.4, -0.2) is 30.1 Å². The van der Waals surface area contributed by atoms with Crippen LogP contribution in [-0.2, 0) is 6.54 Å². The number of likely N-dealkylation sites (tertiary alicyclic amines) is 1. The Hall–Kier alpha value is -1.37. The van der Waals surface area contributed by atoms with E-state index in [1.807, 2.05) is 12.1 Å². The Morgan fingerprint density at radius 2 is 2.05 bits per heavy atom. The minimum atomic E-state index is 0.695. The maximum atomic E-state index is 8.83. The molecule has 19 heavy (non-hydrogen) atoms. The summed E-state index contributed by atoms with van der Waals surface area (Å²) in [5.74, 6) is 0. The minimum Gasteiger partial charge on any atom is -0.312 e. The molecule has 1 aromatic rings. The van der Waals surface area contributed by atoms with Crippen molar-refractivity contribution in [3.8, 4) is 6.07 Å². The Morgan fingerprint density at radius 1 is 1.21 bits per heavy atom. The Morgan fingerprint density at radius 3 is 2.74 bits per heavy atom. The monoisotopic (exact) mass is 255 g/mol. The SMILES string of the molecule is N#Cc1ccc(CN2CCCC2C2CCCN2)cc1. The molecule has 0 bridgehead atoms. The predicted octanol–water partition coefficient (Wildman–Crippen LogP) is 2.27. The van der Waals surface area contributed by atoms with Crippen LogP contribution in [0.1, 0.15) is 36.8 Å². The van der Waals surface area contributed by atoms with Crippen molar-refractivity contribution in [2.24, 2.45) is 0 Å². The summed E-state index contributed by atoms with van der Waals surface area (Å²) in [5.41, 5.74) is 2.07. The summed E-state index contributed by atoms with van der Waals surface area (Å²) < 4.78 is 0. The highest BCUT2D eigenvalue weighted by atomic mass is 15.2. The van der Waals surface area contributed by atoms with Crippen molar-refractivity contribution in [2.45, 2.75) is 44.3 Å². The molecule has 0 saturated carbocycles. The number of rotatable bonds is 3. The fourth-order valence-electron chi connectivity index (χ4n) is 3.46. The van der Waals surface area contributed by atoms with Crippen molar-refractivity contribution in [3.05, 3.63) is 35.4 Å². The highest BCUT2D eigenvalue weighted by Crippen LogP contribution is 2.26. The molecular weight excluding hydrogens is 234 g/mol. The van der Waals surface area contributed by atoms with Gasteiger partial charge in [0, 0.05) is 18.6 Å². The average molecular weight is 255 g/mol. The highest BCUT2D eigenvalue weighted by Gasteiger charge is 2.32. The van der Waals surface area contributed by atoms with Gasteiger partial charge in [0.15, 0.2) is 0 Å². The van der Waals surface area contributed by atoms with Gasteiger partial charge in [0.2, 0.25) is 0 Å². The van der Waals surface area contributed by atoms with E-state index in [0.717, 1.165) is 12.1 Å². The van der Waals surface area contributed by atoms with Crippen LogP contribution in [0, 0.1) is 11.3 Å². The van der Waals surface area contributed by atoms with Gasteiger partial charge < -0.3 is 5.32 Å². The molecule has 0 aliphatic carbocycles. The highest BCUT2D eigenvalue weighted by molar-refractivity contribution is 5.31. The number of hydrogen-bond donors (Lipinski definition) is 1. The van der Waals surface area contributed by atoms with E-state index in [9.17, 15) is 0 Å². The van der Waals surface area contributed by atoms with Crippen molar-refractivity contribution >= 4 is 0 Å². The summed E-state index contributed by atoms with van der Waals surface area (Å²) in [6, 6.07) is 11.6. The minimum absolute atomic E-state index is 0.695. The molecule has 3 nitrogen and oxygen atoms in total. The van der Waals surface area contributed by atoms with Crippen LogP contribution >= 0.6 is 0 Å².